The molecular formula is C54H45BO2P2. The summed E-state index contributed by atoms with van der Waals surface area (Å²) >= 11 is 0. The van der Waals surface area contributed by atoms with Gasteiger partial charge in [0.1, 0.15) is 0 Å². The molecule has 0 radical (unpaired) electrons. The molecule has 0 amide bonds. The van der Waals surface area contributed by atoms with Gasteiger partial charge in [-0.1, -0.05) is 0 Å². The molecule has 9 aromatic carbocycles. The van der Waals surface area contributed by atoms with Crippen LogP contribution in [0.4, 0.5) is 0 Å². The minimum absolute atomic E-state index is 0.910. The third-order valence-corrected chi connectivity index (χ3v) is 23.2. The van der Waals surface area contributed by atoms with Crippen molar-refractivity contribution in [3.8, 4) is 0 Å². The van der Waals surface area contributed by atoms with E-state index in [4.69, 9.17) is 8.88 Å². The van der Waals surface area contributed by atoms with E-state index in [1.54, 1.807) is 0 Å². The number of benzene rings is 9. The van der Waals surface area contributed by atoms with E-state index in [1.807, 2.05) is 0 Å². The Hall–Kier alpha value is -6.18. The molecule has 0 aliphatic heterocycles. The molecule has 9 aromatic rings. The maximum atomic E-state index is 8.66. The van der Waals surface area contributed by atoms with Crippen molar-refractivity contribution in [2.24, 2.45) is 0 Å². The fourth-order valence-corrected chi connectivity index (χ4v) is 20.8. The summed E-state index contributed by atoms with van der Waals surface area (Å²) in [7, 11) is -0.937. The van der Waals surface area contributed by atoms with Crippen LogP contribution in [0.5, 0.6) is 0 Å². The molecule has 0 aromatic heterocycles. The average molecular weight is 799 g/mol. The van der Waals surface area contributed by atoms with Crippen LogP contribution >= 0.6 is 13.7 Å². The SMILES string of the molecule is c1ccc(B(OP(c2ccccc2)(c2ccccc2)(c2ccccc2)c2ccccc2)OP(c2ccccc2)(c2ccccc2)(c2ccccc2)c2ccccc2)cc1. The Morgan fingerprint density at radius 2 is 0.356 bits per heavy atom. The average Bonchev–Trinajstić information content (AvgIpc) is 3.35. The van der Waals surface area contributed by atoms with Gasteiger partial charge in [-0.25, -0.2) is 0 Å². The molecule has 9 rings (SSSR count). The van der Waals surface area contributed by atoms with Crippen molar-refractivity contribution in [3.63, 3.8) is 0 Å². The molecule has 59 heavy (non-hydrogen) atoms. The summed E-state index contributed by atoms with van der Waals surface area (Å²) in [5.74, 6) is 0. The topological polar surface area (TPSA) is 18.5 Å². The van der Waals surface area contributed by atoms with Gasteiger partial charge in [-0.3, -0.25) is 0 Å². The molecule has 0 heterocycles. The standard InChI is InChI=1S/C54H45BO2P2/c1-10-28-46(29-11-1)55(56-58(47-30-12-2-13-31-47,48-32-14-3-15-33-48,49-34-16-4-17-35-49)50-36-18-5-19-37-50)57-59(51-38-20-6-21-39-51,52-40-22-7-23-41-52,53-42-24-8-25-43-53)54-44-26-9-27-45-54/h1-45H. The van der Waals surface area contributed by atoms with Gasteiger partial charge in [0, 0.05) is 0 Å². The first-order valence-corrected chi connectivity index (χ1v) is 24.4. The molecule has 0 unspecified atom stereocenters. The fourth-order valence-electron chi connectivity index (χ4n) is 9.11. The molecule has 0 saturated carbocycles. The van der Waals surface area contributed by atoms with Crippen LogP contribution in [0.15, 0.2) is 273 Å². The van der Waals surface area contributed by atoms with Crippen LogP contribution in [0.1, 0.15) is 0 Å². The quantitative estimate of drug-likeness (QED) is 0.0858. The molecule has 0 saturated heterocycles. The molecule has 0 aliphatic carbocycles. The first-order valence-electron chi connectivity index (χ1n) is 20.1. The van der Waals surface area contributed by atoms with Crippen LogP contribution in [-0.2, 0) is 8.88 Å². The predicted octanol–water partition coefficient (Wildman–Crippen LogP) is 8.96. The van der Waals surface area contributed by atoms with Gasteiger partial charge in [-0.15, -0.1) is 0 Å². The third kappa shape index (κ3) is 6.05. The molecular weight excluding hydrogens is 753 g/mol. The first-order chi connectivity index (χ1) is 29.2. The van der Waals surface area contributed by atoms with Crippen molar-refractivity contribution in [2.45, 2.75) is 0 Å². The Morgan fingerprint density at radius 3 is 0.525 bits per heavy atom. The van der Waals surface area contributed by atoms with Gasteiger partial charge in [0.05, 0.1) is 0 Å². The maximum absolute atomic E-state index is 8.66. The normalized spacial score (nSPS) is 12.9. The van der Waals surface area contributed by atoms with Gasteiger partial charge in [0.2, 0.25) is 0 Å². The first kappa shape index (κ1) is 38.3. The number of rotatable bonds is 13. The third-order valence-electron chi connectivity index (χ3n) is 11.7. The van der Waals surface area contributed by atoms with Crippen LogP contribution < -0.4 is 47.9 Å². The minimum atomic E-state index is -4.29. The van der Waals surface area contributed by atoms with Crippen molar-refractivity contribution in [2.75, 3.05) is 0 Å². The Balaban J connectivity index is 1.49. The van der Waals surface area contributed by atoms with Crippen molar-refractivity contribution >= 4 is 68.7 Å². The zero-order chi connectivity index (χ0) is 39.9. The summed E-state index contributed by atoms with van der Waals surface area (Å²) in [6, 6.07) is 97.3. The van der Waals surface area contributed by atoms with E-state index in [0.717, 1.165) is 47.9 Å². The van der Waals surface area contributed by atoms with E-state index in [0.29, 0.717) is 0 Å². The van der Waals surface area contributed by atoms with Crippen molar-refractivity contribution in [3.05, 3.63) is 273 Å². The van der Waals surface area contributed by atoms with Crippen LogP contribution in [0, 0.1) is 0 Å². The van der Waals surface area contributed by atoms with Crippen molar-refractivity contribution in [1.82, 2.24) is 0 Å². The molecule has 0 fully saturated rings. The van der Waals surface area contributed by atoms with E-state index in [9.17, 15) is 0 Å². The second-order valence-corrected chi connectivity index (χ2v) is 23.4. The van der Waals surface area contributed by atoms with Gasteiger partial charge in [0.25, 0.3) is 0 Å². The second kappa shape index (κ2) is 16.2. The summed E-state index contributed by atoms with van der Waals surface area (Å²) < 4.78 is 17.3. The Bertz CT molecular complexity index is 2200. The summed E-state index contributed by atoms with van der Waals surface area (Å²) in [6.45, 7) is -8.59. The molecule has 0 N–H and O–H groups in total. The zero-order valence-corrected chi connectivity index (χ0v) is 34.6. The summed E-state index contributed by atoms with van der Waals surface area (Å²) in [6.07, 6.45) is 0. The van der Waals surface area contributed by atoms with Gasteiger partial charge < -0.3 is 0 Å². The van der Waals surface area contributed by atoms with E-state index < -0.39 is 20.8 Å². The number of hydrogen-bond acceptors (Lipinski definition) is 2. The van der Waals surface area contributed by atoms with Gasteiger partial charge in [-0.2, -0.15) is 0 Å². The van der Waals surface area contributed by atoms with Gasteiger partial charge >= 0.3 is 351 Å². The van der Waals surface area contributed by atoms with E-state index in [2.05, 4.69) is 273 Å². The molecule has 5 heteroatoms. The second-order valence-electron chi connectivity index (χ2n) is 14.7. The van der Waals surface area contributed by atoms with Gasteiger partial charge in [0.15, 0.2) is 0 Å². The molecule has 0 spiro atoms. The van der Waals surface area contributed by atoms with E-state index >= 15 is 0 Å². The molecule has 0 bridgehead atoms. The Labute approximate surface area is 349 Å². The Kier molecular flexibility index (Phi) is 10.5. The van der Waals surface area contributed by atoms with E-state index in [1.165, 1.54) is 0 Å². The zero-order valence-electron chi connectivity index (χ0n) is 32.8. The van der Waals surface area contributed by atoms with Crippen LogP contribution in [0.2, 0.25) is 0 Å². The molecule has 0 aliphatic rings. The number of hydrogen-bond donors (Lipinski definition) is 0. The van der Waals surface area contributed by atoms with Crippen molar-refractivity contribution in [1.29, 1.82) is 0 Å². The monoisotopic (exact) mass is 798 g/mol. The van der Waals surface area contributed by atoms with E-state index in [-0.39, 0.29) is 0 Å². The van der Waals surface area contributed by atoms with Crippen LogP contribution in [0.25, 0.3) is 0 Å². The fraction of sp³-hybridized carbons (Fsp3) is 0. The predicted molar refractivity (Wildman–Crippen MR) is 256 cm³/mol. The molecule has 0 atom stereocenters. The summed E-state index contributed by atoms with van der Waals surface area (Å²) in [5, 5.41) is 8.60. The van der Waals surface area contributed by atoms with Crippen LogP contribution in [0.3, 0.4) is 0 Å². The van der Waals surface area contributed by atoms with Crippen molar-refractivity contribution < 1.29 is 8.88 Å². The van der Waals surface area contributed by atoms with Gasteiger partial charge in [-0.05, 0) is 0 Å². The molecule has 286 valence electrons. The Morgan fingerprint density at radius 1 is 0.203 bits per heavy atom. The summed E-state index contributed by atoms with van der Waals surface area (Å²) in [5.41, 5.74) is 0.910. The molecule has 2 nitrogen and oxygen atoms in total. The summed E-state index contributed by atoms with van der Waals surface area (Å²) in [4.78, 5) is 0. The van der Waals surface area contributed by atoms with Crippen LogP contribution in [-0.4, -0.2) is 7.12 Å².